The van der Waals surface area contributed by atoms with E-state index in [0.717, 1.165) is 11.8 Å². The van der Waals surface area contributed by atoms with Gasteiger partial charge in [0.1, 0.15) is 17.5 Å². The van der Waals surface area contributed by atoms with Crippen LogP contribution in [0.15, 0.2) is 42.5 Å². The van der Waals surface area contributed by atoms with Gasteiger partial charge in [-0.2, -0.15) is 0 Å². The lowest BCUT2D eigenvalue weighted by atomic mass is 10.2. The van der Waals surface area contributed by atoms with Crippen molar-refractivity contribution in [3.8, 4) is 0 Å². The summed E-state index contributed by atoms with van der Waals surface area (Å²) in [5.41, 5.74) is 1.12. The first-order valence-electron chi connectivity index (χ1n) is 8.50. The van der Waals surface area contributed by atoms with Crippen LogP contribution in [-0.4, -0.2) is 43.5 Å². The van der Waals surface area contributed by atoms with Crippen LogP contribution >= 0.6 is 0 Å². The quantitative estimate of drug-likeness (QED) is 0.886. The summed E-state index contributed by atoms with van der Waals surface area (Å²) in [4.78, 5) is 16.2. The highest BCUT2D eigenvalue weighted by molar-refractivity contribution is 5.77. The van der Waals surface area contributed by atoms with Crippen molar-refractivity contribution in [1.82, 2.24) is 4.90 Å². The minimum absolute atomic E-state index is 0.0150. The van der Waals surface area contributed by atoms with Crippen LogP contribution in [-0.2, 0) is 4.79 Å². The number of halogens is 3. The molecule has 0 unspecified atom stereocenters. The Labute approximate surface area is 150 Å². The van der Waals surface area contributed by atoms with Crippen molar-refractivity contribution in [3.63, 3.8) is 0 Å². The van der Waals surface area contributed by atoms with Gasteiger partial charge in [0.25, 0.3) is 0 Å². The van der Waals surface area contributed by atoms with Crippen LogP contribution in [0, 0.1) is 17.5 Å². The molecule has 1 amide bonds. The molecule has 1 N–H and O–H groups in total. The van der Waals surface area contributed by atoms with E-state index in [4.69, 9.17) is 0 Å². The van der Waals surface area contributed by atoms with Gasteiger partial charge in [0.15, 0.2) is 0 Å². The second-order valence-corrected chi connectivity index (χ2v) is 6.15. The average molecular weight is 363 g/mol. The third-order valence-electron chi connectivity index (χ3n) is 4.41. The molecule has 1 heterocycles. The van der Waals surface area contributed by atoms with Crippen molar-refractivity contribution in [2.45, 2.75) is 6.42 Å². The maximum absolute atomic E-state index is 13.5. The lowest BCUT2D eigenvalue weighted by Crippen LogP contribution is -2.49. The predicted octanol–water partition coefficient (Wildman–Crippen LogP) is 3.25. The Bertz CT molecular complexity index is 759. The van der Waals surface area contributed by atoms with Gasteiger partial charge in [-0.1, -0.05) is 0 Å². The second kappa shape index (κ2) is 8.12. The zero-order valence-corrected chi connectivity index (χ0v) is 14.2. The highest BCUT2D eigenvalue weighted by Crippen LogP contribution is 2.18. The standard InChI is InChI=1S/C19H20F3N3O/c20-14-1-4-16(5-2-14)24-9-11-25(12-10-24)19(26)7-8-23-18-6-3-15(21)13-17(18)22/h1-6,13,23H,7-12H2. The van der Waals surface area contributed by atoms with Crippen LogP contribution in [0.1, 0.15) is 6.42 Å². The van der Waals surface area contributed by atoms with E-state index in [1.807, 2.05) is 0 Å². The highest BCUT2D eigenvalue weighted by Gasteiger charge is 2.21. The van der Waals surface area contributed by atoms with Gasteiger partial charge in [-0.25, -0.2) is 13.2 Å². The van der Waals surface area contributed by atoms with Crippen molar-refractivity contribution in [3.05, 3.63) is 59.9 Å². The minimum atomic E-state index is -0.676. The molecule has 0 saturated carbocycles. The van der Waals surface area contributed by atoms with E-state index in [0.29, 0.717) is 26.2 Å². The third kappa shape index (κ3) is 4.47. The Kier molecular flexibility index (Phi) is 5.65. The van der Waals surface area contributed by atoms with Crippen LogP contribution in [0.4, 0.5) is 24.5 Å². The monoisotopic (exact) mass is 363 g/mol. The molecule has 138 valence electrons. The maximum atomic E-state index is 13.5. The molecule has 1 saturated heterocycles. The zero-order valence-electron chi connectivity index (χ0n) is 14.2. The van der Waals surface area contributed by atoms with Gasteiger partial charge >= 0.3 is 0 Å². The van der Waals surface area contributed by atoms with E-state index in [2.05, 4.69) is 10.2 Å². The SMILES string of the molecule is O=C(CCNc1ccc(F)cc1F)N1CCN(c2ccc(F)cc2)CC1. The first-order chi connectivity index (χ1) is 12.5. The molecular formula is C19H20F3N3O. The molecule has 1 aliphatic heterocycles. The molecule has 0 aliphatic carbocycles. The fourth-order valence-electron chi connectivity index (χ4n) is 2.96. The Morgan fingerprint density at radius 3 is 2.23 bits per heavy atom. The third-order valence-corrected chi connectivity index (χ3v) is 4.41. The Hall–Kier alpha value is -2.70. The number of hydrogen-bond donors (Lipinski definition) is 1. The molecule has 0 spiro atoms. The molecule has 0 atom stereocenters. The summed E-state index contributed by atoms with van der Waals surface area (Å²) in [6.07, 6.45) is 0.230. The number of anilines is 2. The van der Waals surface area contributed by atoms with Gasteiger partial charge < -0.3 is 15.1 Å². The van der Waals surface area contributed by atoms with Crippen LogP contribution in [0.5, 0.6) is 0 Å². The normalized spacial score (nSPS) is 14.4. The highest BCUT2D eigenvalue weighted by atomic mass is 19.1. The number of nitrogens with one attached hydrogen (secondary N) is 1. The Morgan fingerprint density at radius 1 is 0.923 bits per heavy atom. The largest absolute Gasteiger partial charge is 0.382 e. The van der Waals surface area contributed by atoms with Gasteiger partial charge in [0.05, 0.1) is 5.69 Å². The molecule has 26 heavy (non-hydrogen) atoms. The molecular weight excluding hydrogens is 343 g/mol. The van der Waals surface area contributed by atoms with Crippen molar-refractivity contribution in [2.24, 2.45) is 0 Å². The summed E-state index contributed by atoms with van der Waals surface area (Å²) < 4.78 is 39.4. The van der Waals surface area contributed by atoms with E-state index < -0.39 is 11.6 Å². The maximum Gasteiger partial charge on any atom is 0.224 e. The number of piperazine rings is 1. The number of carbonyl (C=O) groups excluding carboxylic acids is 1. The fourth-order valence-corrected chi connectivity index (χ4v) is 2.96. The van der Waals surface area contributed by atoms with Crippen LogP contribution in [0.3, 0.4) is 0 Å². The lowest BCUT2D eigenvalue weighted by Gasteiger charge is -2.36. The Balaban J connectivity index is 1.44. The van der Waals surface area contributed by atoms with Crippen molar-refractivity contribution >= 4 is 17.3 Å². The summed E-state index contributed by atoms with van der Waals surface area (Å²) in [7, 11) is 0. The molecule has 4 nitrogen and oxygen atoms in total. The van der Waals surface area contributed by atoms with Gasteiger partial charge in [-0.05, 0) is 36.4 Å². The predicted molar refractivity (Wildman–Crippen MR) is 94.7 cm³/mol. The van der Waals surface area contributed by atoms with Gasteiger partial charge in [-0.3, -0.25) is 4.79 Å². The number of amides is 1. The van der Waals surface area contributed by atoms with Crippen molar-refractivity contribution < 1.29 is 18.0 Å². The average Bonchev–Trinajstić information content (AvgIpc) is 2.64. The fraction of sp³-hybridized carbons (Fsp3) is 0.316. The van der Waals surface area contributed by atoms with Gasteiger partial charge in [-0.15, -0.1) is 0 Å². The second-order valence-electron chi connectivity index (χ2n) is 6.15. The zero-order chi connectivity index (χ0) is 18.5. The number of carbonyl (C=O) groups is 1. The minimum Gasteiger partial charge on any atom is -0.382 e. The topological polar surface area (TPSA) is 35.6 Å². The van der Waals surface area contributed by atoms with Crippen LogP contribution in [0.2, 0.25) is 0 Å². The number of hydrogen-bond acceptors (Lipinski definition) is 3. The van der Waals surface area contributed by atoms with E-state index in [1.54, 1.807) is 17.0 Å². The van der Waals surface area contributed by atoms with Gasteiger partial charge in [0.2, 0.25) is 5.91 Å². The van der Waals surface area contributed by atoms with Crippen LogP contribution < -0.4 is 10.2 Å². The molecule has 1 aliphatic rings. The molecule has 0 bridgehead atoms. The van der Waals surface area contributed by atoms with E-state index in [-0.39, 0.29) is 30.4 Å². The molecule has 0 radical (unpaired) electrons. The summed E-state index contributed by atoms with van der Waals surface area (Å²) in [6.45, 7) is 2.80. The van der Waals surface area contributed by atoms with E-state index in [9.17, 15) is 18.0 Å². The number of nitrogens with zero attached hydrogens (tertiary/aromatic N) is 2. The summed E-state index contributed by atoms with van der Waals surface area (Å²) in [6, 6.07) is 9.60. The first-order valence-corrected chi connectivity index (χ1v) is 8.50. The van der Waals surface area contributed by atoms with E-state index in [1.165, 1.54) is 24.3 Å². The molecule has 0 aromatic heterocycles. The molecule has 2 aromatic carbocycles. The van der Waals surface area contributed by atoms with Crippen LogP contribution in [0.25, 0.3) is 0 Å². The van der Waals surface area contributed by atoms with Crippen molar-refractivity contribution in [2.75, 3.05) is 42.9 Å². The molecule has 1 fully saturated rings. The Morgan fingerprint density at radius 2 is 1.58 bits per heavy atom. The summed E-state index contributed by atoms with van der Waals surface area (Å²) in [5, 5.41) is 2.81. The first kappa shape index (κ1) is 18.1. The van der Waals surface area contributed by atoms with Gasteiger partial charge in [0, 0.05) is 50.9 Å². The molecule has 3 rings (SSSR count). The number of rotatable bonds is 5. The number of benzene rings is 2. The smallest absolute Gasteiger partial charge is 0.224 e. The lowest BCUT2D eigenvalue weighted by molar-refractivity contribution is -0.131. The summed E-state index contributed by atoms with van der Waals surface area (Å²) >= 11 is 0. The van der Waals surface area contributed by atoms with Crippen molar-refractivity contribution in [1.29, 1.82) is 0 Å². The molecule has 7 heteroatoms. The molecule has 2 aromatic rings. The van der Waals surface area contributed by atoms with E-state index >= 15 is 0 Å². The summed E-state index contributed by atoms with van der Waals surface area (Å²) in [5.74, 6) is -1.60.